The first-order valence-electron chi connectivity index (χ1n) is 6.42. The van der Waals surface area contributed by atoms with Crippen LogP contribution in [-0.2, 0) is 10.2 Å². The maximum atomic E-state index is 12.9. The molecule has 0 fully saturated rings. The molecule has 0 atom stereocenters. The van der Waals surface area contributed by atoms with E-state index in [0.29, 0.717) is 15.6 Å². The predicted molar refractivity (Wildman–Crippen MR) is 83.1 cm³/mol. The van der Waals surface area contributed by atoms with Crippen molar-refractivity contribution in [1.82, 2.24) is 0 Å². The minimum absolute atomic E-state index is 0.197. The first-order chi connectivity index (χ1) is 9.85. The van der Waals surface area contributed by atoms with Gasteiger partial charge in [-0.2, -0.15) is 0 Å². The SMILES string of the molecule is CC(C)(C=O)c1ccc(C(=O)c2ccc(F)cc2)c(Br)c1. The van der Waals surface area contributed by atoms with Gasteiger partial charge in [0.1, 0.15) is 12.1 Å². The van der Waals surface area contributed by atoms with E-state index in [0.717, 1.165) is 11.8 Å². The molecule has 0 aliphatic carbocycles. The van der Waals surface area contributed by atoms with Crippen LogP contribution < -0.4 is 0 Å². The predicted octanol–water partition coefficient (Wildman–Crippen LogP) is 4.30. The maximum absolute atomic E-state index is 12.9. The second kappa shape index (κ2) is 5.90. The molecule has 0 radical (unpaired) electrons. The third kappa shape index (κ3) is 3.27. The Morgan fingerprint density at radius 3 is 2.29 bits per heavy atom. The summed E-state index contributed by atoms with van der Waals surface area (Å²) < 4.78 is 13.5. The molecule has 0 amide bonds. The quantitative estimate of drug-likeness (QED) is 0.609. The van der Waals surface area contributed by atoms with Crippen molar-refractivity contribution in [3.8, 4) is 0 Å². The van der Waals surface area contributed by atoms with Crippen LogP contribution in [0.2, 0.25) is 0 Å². The van der Waals surface area contributed by atoms with Gasteiger partial charge in [0.25, 0.3) is 0 Å². The van der Waals surface area contributed by atoms with E-state index in [2.05, 4.69) is 15.9 Å². The molecular formula is C17H14BrFO2. The number of hydrogen-bond acceptors (Lipinski definition) is 2. The van der Waals surface area contributed by atoms with Gasteiger partial charge in [-0.15, -0.1) is 0 Å². The number of halogens is 2. The van der Waals surface area contributed by atoms with Crippen molar-refractivity contribution in [2.24, 2.45) is 0 Å². The molecule has 4 heteroatoms. The highest BCUT2D eigenvalue weighted by atomic mass is 79.9. The lowest BCUT2D eigenvalue weighted by molar-refractivity contribution is -0.111. The number of rotatable bonds is 4. The van der Waals surface area contributed by atoms with Gasteiger partial charge in [-0.05, 0) is 55.8 Å². The average Bonchev–Trinajstić information content (AvgIpc) is 2.47. The molecule has 0 aliphatic rings. The molecular weight excluding hydrogens is 335 g/mol. The van der Waals surface area contributed by atoms with Crippen LogP contribution in [0.25, 0.3) is 0 Å². The second-order valence-electron chi connectivity index (χ2n) is 5.37. The first kappa shape index (κ1) is 15.6. The summed E-state index contributed by atoms with van der Waals surface area (Å²) in [6.45, 7) is 3.62. The molecule has 108 valence electrons. The second-order valence-corrected chi connectivity index (χ2v) is 6.22. The Morgan fingerprint density at radius 2 is 1.76 bits per heavy atom. The molecule has 0 bridgehead atoms. The fourth-order valence-electron chi connectivity index (χ4n) is 1.92. The summed E-state index contributed by atoms with van der Waals surface area (Å²) in [7, 11) is 0. The summed E-state index contributed by atoms with van der Waals surface area (Å²) in [5.41, 5.74) is 1.10. The van der Waals surface area contributed by atoms with Gasteiger partial charge in [0, 0.05) is 21.0 Å². The zero-order valence-electron chi connectivity index (χ0n) is 11.7. The lowest BCUT2D eigenvalue weighted by Crippen LogP contribution is -2.19. The highest BCUT2D eigenvalue weighted by molar-refractivity contribution is 9.10. The minimum Gasteiger partial charge on any atom is -0.302 e. The molecule has 0 aromatic heterocycles. The van der Waals surface area contributed by atoms with E-state index in [-0.39, 0.29) is 11.6 Å². The highest BCUT2D eigenvalue weighted by Crippen LogP contribution is 2.28. The molecule has 0 N–H and O–H groups in total. The van der Waals surface area contributed by atoms with E-state index in [4.69, 9.17) is 0 Å². The molecule has 2 aromatic carbocycles. The third-order valence-corrected chi connectivity index (χ3v) is 4.01. The van der Waals surface area contributed by atoms with Crippen molar-refractivity contribution in [3.63, 3.8) is 0 Å². The Balaban J connectivity index is 2.39. The summed E-state index contributed by atoms with van der Waals surface area (Å²) >= 11 is 3.37. The zero-order valence-corrected chi connectivity index (χ0v) is 13.3. The zero-order chi connectivity index (χ0) is 15.6. The van der Waals surface area contributed by atoms with Gasteiger partial charge >= 0.3 is 0 Å². The summed E-state index contributed by atoms with van der Waals surface area (Å²) in [4.78, 5) is 23.5. The number of aldehydes is 1. The number of carbonyl (C=O) groups is 2. The molecule has 0 spiro atoms. The van der Waals surface area contributed by atoms with Gasteiger partial charge in [-0.1, -0.05) is 22.0 Å². The van der Waals surface area contributed by atoms with E-state index in [9.17, 15) is 14.0 Å². The van der Waals surface area contributed by atoms with Crippen LogP contribution in [0.3, 0.4) is 0 Å². The molecule has 2 nitrogen and oxygen atoms in total. The summed E-state index contributed by atoms with van der Waals surface area (Å²) in [5.74, 6) is -0.578. The van der Waals surface area contributed by atoms with E-state index in [1.165, 1.54) is 24.3 Å². The van der Waals surface area contributed by atoms with Gasteiger partial charge in [0.05, 0.1) is 0 Å². The van der Waals surface area contributed by atoms with E-state index >= 15 is 0 Å². The smallest absolute Gasteiger partial charge is 0.194 e. The maximum Gasteiger partial charge on any atom is 0.194 e. The van der Waals surface area contributed by atoms with Crippen molar-refractivity contribution in [2.75, 3.05) is 0 Å². The molecule has 0 aliphatic heterocycles. The molecule has 0 saturated heterocycles. The normalized spacial score (nSPS) is 11.2. The largest absolute Gasteiger partial charge is 0.302 e. The number of benzene rings is 2. The van der Waals surface area contributed by atoms with E-state index < -0.39 is 5.41 Å². The van der Waals surface area contributed by atoms with Crippen LogP contribution in [0.15, 0.2) is 46.9 Å². The average molecular weight is 349 g/mol. The lowest BCUT2D eigenvalue weighted by Gasteiger charge is -2.18. The molecule has 21 heavy (non-hydrogen) atoms. The fraction of sp³-hybridized carbons (Fsp3) is 0.176. The van der Waals surface area contributed by atoms with Crippen LogP contribution in [-0.4, -0.2) is 12.1 Å². The van der Waals surface area contributed by atoms with Crippen molar-refractivity contribution in [2.45, 2.75) is 19.3 Å². The van der Waals surface area contributed by atoms with Crippen molar-refractivity contribution in [3.05, 3.63) is 69.4 Å². The number of ketones is 1. The highest BCUT2D eigenvalue weighted by Gasteiger charge is 2.21. The van der Waals surface area contributed by atoms with Crippen LogP contribution in [0, 0.1) is 5.82 Å². The van der Waals surface area contributed by atoms with Gasteiger partial charge < -0.3 is 4.79 Å². The number of carbonyl (C=O) groups excluding carboxylic acids is 2. The summed E-state index contributed by atoms with van der Waals surface area (Å²) in [6, 6.07) is 10.6. The van der Waals surface area contributed by atoms with Crippen molar-refractivity contribution < 1.29 is 14.0 Å². The topological polar surface area (TPSA) is 34.1 Å². The molecule has 0 heterocycles. The van der Waals surface area contributed by atoms with Crippen LogP contribution in [0.1, 0.15) is 35.3 Å². The summed E-state index contributed by atoms with van der Waals surface area (Å²) in [5, 5.41) is 0. The van der Waals surface area contributed by atoms with Gasteiger partial charge in [-0.25, -0.2) is 4.39 Å². The third-order valence-electron chi connectivity index (χ3n) is 3.36. The van der Waals surface area contributed by atoms with E-state index in [1.54, 1.807) is 18.2 Å². The van der Waals surface area contributed by atoms with Gasteiger partial charge in [-0.3, -0.25) is 4.79 Å². The molecule has 0 saturated carbocycles. The Kier molecular flexibility index (Phi) is 4.37. The molecule has 2 aromatic rings. The Morgan fingerprint density at radius 1 is 1.14 bits per heavy atom. The monoisotopic (exact) mass is 348 g/mol. The molecule has 0 unspecified atom stereocenters. The standard InChI is InChI=1S/C17H14BrFO2/c1-17(2,10-20)12-5-8-14(15(18)9-12)16(21)11-3-6-13(19)7-4-11/h3-10H,1-2H3. The van der Waals surface area contributed by atoms with E-state index in [1.807, 2.05) is 13.8 Å². The Hall–Kier alpha value is -1.81. The summed E-state index contributed by atoms with van der Waals surface area (Å²) in [6.07, 6.45) is 0.871. The van der Waals surface area contributed by atoms with Crippen LogP contribution in [0.4, 0.5) is 4.39 Å². The molecule has 2 rings (SSSR count). The van der Waals surface area contributed by atoms with Crippen LogP contribution in [0.5, 0.6) is 0 Å². The number of hydrogen-bond donors (Lipinski definition) is 0. The van der Waals surface area contributed by atoms with Crippen LogP contribution >= 0.6 is 15.9 Å². The Bertz CT molecular complexity index is 690. The fourth-order valence-corrected chi connectivity index (χ4v) is 2.48. The lowest BCUT2D eigenvalue weighted by atomic mass is 9.85. The van der Waals surface area contributed by atoms with Gasteiger partial charge in [0.15, 0.2) is 5.78 Å². The van der Waals surface area contributed by atoms with Crippen molar-refractivity contribution >= 4 is 28.0 Å². The van der Waals surface area contributed by atoms with Crippen molar-refractivity contribution in [1.29, 1.82) is 0 Å². The minimum atomic E-state index is -0.611. The first-order valence-corrected chi connectivity index (χ1v) is 7.21. The Labute approximate surface area is 131 Å². The van der Waals surface area contributed by atoms with Gasteiger partial charge in [0.2, 0.25) is 0 Å².